The van der Waals surface area contributed by atoms with Gasteiger partial charge in [0, 0.05) is 34.3 Å². The van der Waals surface area contributed by atoms with Crippen molar-refractivity contribution in [1.82, 2.24) is 0 Å². The molecule has 6 nitrogen and oxygen atoms in total. The molecule has 0 saturated carbocycles. The molecule has 1 aliphatic rings. The van der Waals surface area contributed by atoms with Gasteiger partial charge in [0.1, 0.15) is 5.75 Å². The number of ether oxygens (including phenoxy) is 1. The zero-order valence-corrected chi connectivity index (χ0v) is 19.0. The van der Waals surface area contributed by atoms with Crippen LogP contribution in [0.4, 0.5) is 17.1 Å². The molecule has 1 aliphatic heterocycles. The van der Waals surface area contributed by atoms with Gasteiger partial charge in [-0.05, 0) is 67.6 Å². The van der Waals surface area contributed by atoms with Crippen LogP contribution in [0.25, 0.3) is 0 Å². The number of rotatable bonds is 5. The maximum atomic E-state index is 12.8. The molecule has 1 amide bonds. The number of nitrogens with one attached hydrogen (secondary N) is 1. The van der Waals surface area contributed by atoms with Crippen LogP contribution in [0.1, 0.15) is 17.3 Å². The highest BCUT2D eigenvalue weighted by atomic mass is 32.2. The molecule has 1 heterocycles. The number of carbonyl (C=O) groups is 1. The van der Waals surface area contributed by atoms with Crippen LogP contribution in [0.15, 0.2) is 75.4 Å². The maximum Gasteiger partial charge on any atom is 0.255 e. The third-order valence-corrected chi connectivity index (χ3v) is 7.19. The van der Waals surface area contributed by atoms with E-state index in [9.17, 15) is 13.2 Å². The molecular weight excluding hydrogens is 432 g/mol. The Balaban J connectivity index is 1.56. The summed E-state index contributed by atoms with van der Waals surface area (Å²) in [5.41, 5.74) is 3.05. The van der Waals surface area contributed by atoms with Crippen LogP contribution in [0.3, 0.4) is 0 Å². The molecule has 0 unspecified atom stereocenters. The van der Waals surface area contributed by atoms with E-state index in [4.69, 9.17) is 4.74 Å². The lowest BCUT2D eigenvalue weighted by molar-refractivity contribution is 0.102. The van der Waals surface area contributed by atoms with Crippen LogP contribution in [-0.4, -0.2) is 34.2 Å². The first-order valence-corrected chi connectivity index (χ1v) is 12.4. The summed E-state index contributed by atoms with van der Waals surface area (Å²) in [6.07, 6.45) is 1.15. The molecule has 160 valence electrons. The quantitative estimate of drug-likeness (QED) is 0.586. The minimum Gasteiger partial charge on any atom is -0.494 e. The van der Waals surface area contributed by atoms with Crippen molar-refractivity contribution in [3.63, 3.8) is 0 Å². The molecule has 8 heteroatoms. The Kier molecular flexibility index (Phi) is 5.68. The van der Waals surface area contributed by atoms with Gasteiger partial charge in [0.15, 0.2) is 9.84 Å². The van der Waals surface area contributed by atoms with E-state index in [1.807, 2.05) is 44.3 Å². The number of amides is 1. The number of carbonyl (C=O) groups excluding carboxylic acids is 1. The third kappa shape index (κ3) is 4.40. The van der Waals surface area contributed by atoms with Crippen molar-refractivity contribution >= 4 is 44.6 Å². The van der Waals surface area contributed by atoms with Crippen molar-refractivity contribution in [1.29, 1.82) is 0 Å². The first-order chi connectivity index (χ1) is 14.8. The fourth-order valence-electron chi connectivity index (χ4n) is 3.35. The number of hydrogen-bond donors (Lipinski definition) is 1. The van der Waals surface area contributed by atoms with E-state index < -0.39 is 9.84 Å². The van der Waals surface area contributed by atoms with Crippen LogP contribution < -0.4 is 15.0 Å². The summed E-state index contributed by atoms with van der Waals surface area (Å²) in [7, 11) is -1.30. The Hall–Kier alpha value is -2.97. The lowest BCUT2D eigenvalue weighted by Gasteiger charge is -2.30. The molecular formula is C23H22N2O4S2. The highest BCUT2D eigenvalue weighted by molar-refractivity contribution is 7.99. The molecule has 0 radical (unpaired) electrons. The maximum absolute atomic E-state index is 12.8. The van der Waals surface area contributed by atoms with Gasteiger partial charge in [0.25, 0.3) is 5.91 Å². The molecule has 3 aromatic rings. The summed E-state index contributed by atoms with van der Waals surface area (Å²) in [4.78, 5) is 17.2. The number of anilines is 3. The smallest absolute Gasteiger partial charge is 0.255 e. The van der Waals surface area contributed by atoms with Crippen LogP contribution >= 0.6 is 11.8 Å². The zero-order valence-electron chi connectivity index (χ0n) is 17.4. The average Bonchev–Trinajstić information content (AvgIpc) is 2.73. The second kappa shape index (κ2) is 8.28. The summed E-state index contributed by atoms with van der Waals surface area (Å²) in [5.74, 6) is 0.578. The summed E-state index contributed by atoms with van der Waals surface area (Å²) >= 11 is 1.64. The Labute approximate surface area is 186 Å². The number of nitrogens with zero attached hydrogens (tertiary/aromatic N) is 1. The molecule has 4 rings (SSSR count). The first kappa shape index (κ1) is 21.3. The Bertz CT molecular complexity index is 1260. The number of benzene rings is 3. The van der Waals surface area contributed by atoms with Crippen molar-refractivity contribution < 1.29 is 17.9 Å². The second-order valence-corrected chi connectivity index (χ2v) is 10.3. The van der Waals surface area contributed by atoms with Gasteiger partial charge in [-0.3, -0.25) is 4.79 Å². The van der Waals surface area contributed by atoms with Crippen LogP contribution in [0.5, 0.6) is 5.75 Å². The van der Waals surface area contributed by atoms with E-state index >= 15 is 0 Å². The molecule has 1 N–H and O–H groups in total. The number of sulfone groups is 1. The molecule has 0 fully saturated rings. The molecule has 0 bridgehead atoms. The highest BCUT2D eigenvalue weighted by Gasteiger charge is 2.23. The van der Waals surface area contributed by atoms with Crippen molar-refractivity contribution in [3.05, 3.63) is 66.2 Å². The van der Waals surface area contributed by atoms with Crippen molar-refractivity contribution in [2.75, 3.05) is 30.1 Å². The van der Waals surface area contributed by atoms with Gasteiger partial charge in [-0.15, -0.1) is 0 Å². The van der Waals surface area contributed by atoms with Crippen LogP contribution in [0, 0.1) is 0 Å². The number of hydrogen-bond acceptors (Lipinski definition) is 6. The van der Waals surface area contributed by atoms with E-state index in [0.717, 1.165) is 33.2 Å². The lowest BCUT2D eigenvalue weighted by atomic mass is 10.1. The zero-order chi connectivity index (χ0) is 22.2. The van der Waals surface area contributed by atoms with Gasteiger partial charge >= 0.3 is 0 Å². The van der Waals surface area contributed by atoms with E-state index in [1.165, 1.54) is 12.1 Å². The predicted molar refractivity (Wildman–Crippen MR) is 124 cm³/mol. The van der Waals surface area contributed by atoms with Gasteiger partial charge in [-0.1, -0.05) is 11.8 Å². The van der Waals surface area contributed by atoms with E-state index in [1.54, 1.807) is 30.0 Å². The normalized spacial score (nSPS) is 12.7. The molecule has 0 saturated heterocycles. The SMILES string of the molecule is CCOc1ccc2c(c1)Sc1ccc(C(=O)Nc3ccc(S(C)(=O)=O)cc3)cc1N2C. The fourth-order valence-corrected chi connectivity index (χ4v) is 5.14. The number of fused-ring (bicyclic) bond motifs is 2. The van der Waals surface area contributed by atoms with E-state index in [2.05, 4.69) is 10.2 Å². The largest absolute Gasteiger partial charge is 0.494 e. The molecule has 0 aliphatic carbocycles. The Morgan fingerprint density at radius 2 is 1.74 bits per heavy atom. The Morgan fingerprint density at radius 3 is 2.42 bits per heavy atom. The van der Waals surface area contributed by atoms with Gasteiger partial charge in [0.2, 0.25) is 0 Å². The first-order valence-electron chi connectivity index (χ1n) is 9.70. The summed E-state index contributed by atoms with van der Waals surface area (Å²) in [6, 6.07) is 17.7. The molecule has 0 spiro atoms. The Morgan fingerprint density at radius 1 is 1.00 bits per heavy atom. The molecule has 0 aromatic heterocycles. The fraction of sp³-hybridized carbons (Fsp3) is 0.174. The van der Waals surface area contributed by atoms with E-state index in [0.29, 0.717) is 17.9 Å². The van der Waals surface area contributed by atoms with Crippen LogP contribution in [-0.2, 0) is 9.84 Å². The molecule has 3 aromatic carbocycles. The topological polar surface area (TPSA) is 75.7 Å². The minimum atomic E-state index is -3.28. The van der Waals surface area contributed by atoms with Crippen molar-refractivity contribution in [2.24, 2.45) is 0 Å². The highest BCUT2D eigenvalue weighted by Crippen LogP contribution is 2.48. The van der Waals surface area contributed by atoms with E-state index in [-0.39, 0.29) is 10.8 Å². The summed E-state index contributed by atoms with van der Waals surface area (Å²) < 4.78 is 28.8. The standard InChI is InChI=1S/C23H22N2O4S2/c1-4-29-17-8-11-19-22(14-17)30-21-12-5-15(13-20(21)25(19)2)23(26)24-16-6-9-18(10-7-16)31(3,27)28/h5-14H,4H2,1-3H3,(H,24,26). The van der Waals surface area contributed by atoms with Crippen LogP contribution in [0.2, 0.25) is 0 Å². The third-order valence-electron chi connectivity index (χ3n) is 4.95. The second-order valence-electron chi connectivity index (χ2n) is 7.16. The lowest BCUT2D eigenvalue weighted by Crippen LogP contribution is -2.17. The predicted octanol–water partition coefficient (Wildman–Crippen LogP) is 4.97. The van der Waals surface area contributed by atoms with Crippen molar-refractivity contribution in [3.8, 4) is 5.75 Å². The van der Waals surface area contributed by atoms with Crippen molar-refractivity contribution in [2.45, 2.75) is 21.6 Å². The minimum absolute atomic E-state index is 0.212. The van der Waals surface area contributed by atoms with Gasteiger partial charge < -0.3 is 15.0 Å². The average molecular weight is 455 g/mol. The van der Waals surface area contributed by atoms with Gasteiger partial charge in [0.05, 0.1) is 22.9 Å². The van der Waals surface area contributed by atoms with Gasteiger partial charge in [-0.2, -0.15) is 0 Å². The van der Waals surface area contributed by atoms with Gasteiger partial charge in [-0.25, -0.2) is 8.42 Å². The molecule has 0 atom stereocenters. The summed E-state index contributed by atoms with van der Waals surface area (Å²) in [5, 5.41) is 2.82. The molecule has 31 heavy (non-hydrogen) atoms. The summed E-state index contributed by atoms with van der Waals surface area (Å²) in [6.45, 7) is 2.58. The monoisotopic (exact) mass is 454 g/mol.